The average Bonchev–Trinajstić information content (AvgIpc) is 2.42. The van der Waals surface area contributed by atoms with E-state index in [0.717, 1.165) is 25.9 Å². The number of carbonyl (C=O) groups is 1. The second-order valence-electron chi connectivity index (χ2n) is 4.58. The first-order chi connectivity index (χ1) is 9.19. The molecule has 0 unspecified atom stereocenters. The molecule has 0 atom stereocenters. The molecule has 1 aliphatic heterocycles. The number of hydrogen-bond acceptors (Lipinski definition) is 2. The molecule has 0 radical (unpaired) electrons. The molecular formula is C13H19ClN3O2+. The highest BCUT2D eigenvalue weighted by molar-refractivity contribution is 6.33. The van der Waals surface area contributed by atoms with Crippen molar-refractivity contribution in [3.63, 3.8) is 0 Å². The van der Waals surface area contributed by atoms with Gasteiger partial charge in [-0.3, -0.25) is 0 Å². The maximum absolute atomic E-state index is 11.9. The minimum atomic E-state index is -0.220. The number of nitrogens with two attached hydrogens (primary N) is 1. The van der Waals surface area contributed by atoms with E-state index >= 15 is 0 Å². The number of methoxy groups -OCH3 is 1. The molecule has 1 aliphatic rings. The molecule has 6 heteroatoms. The molecule has 4 N–H and O–H groups in total. The van der Waals surface area contributed by atoms with Crippen LogP contribution in [0.2, 0.25) is 5.02 Å². The number of quaternary nitrogens is 1. The zero-order valence-corrected chi connectivity index (χ0v) is 11.7. The van der Waals surface area contributed by atoms with Gasteiger partial charge in [0.1, 0.15) is 5.75 Å². The zero-order chi connectivity index (χ0) is 13.7. The third-order valence-corrected chi connectivity index (χ3v) is 3.53. The Balaban J connectivity index is 1.94. The van der Waals surface area contributed by atoms with E-state index in [9.17, 15) is 4.79 Å². The van der Waals surface area contributed by atoms with Crippen molar-refractivity contribution < 1.29 is 14.8 Å². The molecule has 1 fully saturated rings. The number of anilines is 1. The normalized spacial score (nSPS) is 15.9. The van der Waals surface area contributed by atoms with Gasteiger partial charge < -0.3 is 20.7 Å². The Morgan fingerprint density at radius 2 is 2.16 bits per heavy atom. The fourth-order valence-electron chi connectivity index (χ4n) is 2.14. The Kier molecular flexibility index (Phi) is 4.87. The summed E-state index contributed by atoms with van der Waals surface area (Å²) >= 11 is 6.04. The lowest BCUT2D eigenvalue weighted by Crippen LogP contribution is -2.87. The van der Waals surface area contributed by atoms with Gasteiger partial charge >= 0.3 is 6.03 Å². The summed E-state index contributed by atoms with van der Waals surface area (Å²) in [5.41, 5.74) is 0.556. The van der Waals surface area contributed by atoms with Crippen LogP contribution in [0.5, 0.6) is 5.75 Å². The summed E-state index contributed by atoms with van der Waals surface area (Å²) in [5, 5.41) is 8.47. The predicted molar refractivity (Wildman–Crippen MR) is 74.8 cm³/mol. The van der Waals surface area contributed by atoms with Crippen molar-refractivity contribution in [1.29, 1.82) is 0 Å². The van der Waals surface area contributed by atoms with Crippen LogP contribution in [0.4, 0.5) is 10.5 Å². The summed E-state index contributed by atoms with van der Waals surface area (Å²) in [7, 11) is 1.58. The fraction of sp³-hybridized carbons (Fsp3) is 0.462. The lowest BCUT2D eigenvalue weighted by atomic mass is 10.1. The highest BCUT2D eigenvalue weighted by Crippen LogP contribution is 2.26. The maximum Gasteiger partial charge on any atom is 0.319 e. The third kappa shape index (κ3) is 4.01. The van der Waals surface area contributed by atoms with Gasteiger partial charge in [-0.15, -0.1) is 0 Å². The lowest BCUT2D eigenvalue weighted by molar-refractivity contribution is -0.663. The van der Waals surface area contributed by atoms with Crippen LogP contribution in [0, 0.1) is 0 Å². The second-order valence-corrected chi connectivity index (χ2v) is 4.99. The van der Waals surface area contributed by atoms with Crippen molar-refractivity contribution in [3.8, 4) is 5.75 Å². The van der Waals surface area contributed by atoms with Gasteiger partial charge in [-0.25, -0.2) is 4.79 Å². The van der Waals surface area contributed by atoms with Crippen molar-refractivity contribution in [1.82, 2.24) is 5.32 Å². The molecule has 1 heterocycles. The average molecular weight is 285 g/mol. The van der Waals surface area contributed by atoms with Crippen LogP contribution in [-0.2, 0) is 0 Å². The monoisotopic (exact) mass is 284 g/mol. The first-order valence-corrected chi connectivity index (χ1v) is 6.79. The number of halogens is 1. The lowest BCUT2D eigenvalue weighted by Gasteiger charge is -2.21. The van der Waals surface area contributed by atoms with Gasteiger partial charge in [0.25, 0.3) is 0 Å². The van der Waals surface area contributed by atoms with E-state index in [1.165, 1.54) is 0 Å². The van der Waals surface area contributed by atoms with Crippen LogP contribution in [0.15, 0.2) is 18.2 Å². The number of rotatable bonds is 3. The van der Waals surface area contributed by atoms with Crippen LogP contribution in [0.1, 0.15) is 12.8 Å². The summed E-state index contributed by atoms with van der Waals surface area (Å²) in [6.45, 7) is 2.12. The summed E-state index contributed by atoms with van der Waals surface area (Å²) in [6.07, 6.45) is 2.00. The summed E-state index contributed by atoms with van der Waals surface area (Å²) < 4.78 is 5.11. The topological polar surface area (TPSA) is 67.0 Å². The third-order valence-electron chi connectivity index (χ3n) is 3.20. The molecule has 1 aromatic carbocycles. The van der Waals surface area contributed by atoms with Crippen molar-refractivity contribution >= 4 is 23.3 Å². The summed E-state index contributed by atoms with van der Waals surface area (Å²) in [4.78, 5) is 11.9. The van der Waals surface area contributed by atoms with Gasteiger partial charge in [0.15, 0.2) is 0 Å². The van der Waals surface area contributed by atoms with Crippen molar-refractivity contribution in [2.24, 2.45) is 0 Å². The smallest absolute Gasteiger partial charge is 0.319 e. The number of benzene rings is 1. The maximum atomic E-state index is 11.9. The fourth-order valence-corrected chi connectivity index (χ4v) is 2.31. The zero-order valence-electron chi connectivity index (χ0n) is 10.9. The molecule has 2 amide bonds. The summed E-state index contributed by atoms with van der Waals surface area (Å²) in [5.74, 6) is 0.659. The van der Waals surface area contributed by atoms with E-state index in [4.69, 9.17) is 16.3 Å². The Morgan fingerprint density at radius 3 is 2.84 bits per heavy atom. The van der Waals surface area contributed by atoms with Gasteiger partial charge in [-0.2, -0.15) is 0 Å². The van der Waals surface area contributed by atoms with E-state index in [2.05, 4.69) is 16.0 Å². The van der Waals surface area contributed by atoms with E-state index < -0.39 is 0 Å². The number of amides is 2. The molecule has 0 aliphatic carbocycles. The molecule has 19 heavy (non-hydrogen) atoms. The van der Waals surface area contributed by atoms with Crippen LogP contribution < -0.4 is 20.7 Å². The molecule has 1 aromatic rings. The Hall–Kier alpha value is -1.46. The first kappa shape index (κ1) is 14.0. The van der Waals surface area contributed by atoms with Crippen LogP contribution >= 0.6 is 11.6 Å². The second kappa shape index (κ2) is 6.63. The van der Waals surface area contributed by atoms with Gasteiger partial charge in [0.2, 0.25) is 0 Å². The molecule has 104 valence electrons. The molecule has 0 spiro atoms. The minimum absolute atomic E-state index is 0.220. The Bertz CT molecular complexity index is 448. The molecule has 5 nitrogen and oxygen atoms in total. The number of nitrogens with one attached hydrogen (secondary N) is 2. The Labute approximate surface area is 117 Å². The number of carbonyl (C=O) groups excluding carboxylic acids is 1. The largest absolute Gasteiger partial charge is 0.497 e. The van der Waals surface area contributed by atoms with Crippen molar-refractivity contribution in [3.05, 3.63) is 23.2 Å². The van der Waals surface area contributed by atoms with Crippen LogP contribution in [0.3, 0.4) is 0 Å². The van der Waals surface area contributed by atoms with Gasteiger partial charge in [-0.05, 0) is 12.1 Å². The van der Waals surface area contributed by atoms with Crippen molar-refractivity contribution in [2.45, 2.75) is 18.9 Å². The van der Waals surface area contributed by atoms with Crippen LogP contribution in [0.25, 0.3) is 0 Å². The molecular weight excluding hydrogens is 266 g/mol. The number of urea groups is 1. The minimum Gasteiger partial charge on any atom is -0.497 e. The molecule has 0 aromatic heterocycles. The van der Waals surface area contributed by atoms with E-state index in [1.807, 2.05) is 0 Å². The summed E-state index contributed by atoms with van der Waals surface area (Å²) in [6, 6.07) is 5.18. The van der Waals surface area contributed by atoms with Gasteiger partial charge in [0.05, 0.1) is 30.9 Å². The van der Waals surface area contributed by atoms with E-state index in [1.54, 1.807) is 25.3 Å². The highest BCUT2D eigenvalue weighted by atomic mass is 35.5. The van der Waals surface area contributed by atoms with Gasteiger partial charge in [-0.1, -0.05) is 11.6 Å². The van der Waals surface area contributed by atoms with Crippen molar-refractivity contribution in [2.75, 3.05) is 25.5 Å². The Morgan fingerprint density at radius 1 is 1.42 bits per heavy atom. The SMILES string of the molecule is COc1ccc(Cl)c(NC(=O)NC2CC[NH2+]CC2)c1. The van der Waals surface area contributed by atoms with Crippen LogP contribution in [-0.4, -0.2) is 32.3 Å². The highest BCUT2D eigenvalue weighted by Gasteiger charge is 2.17. The quantitative estimate of drug-likeness (QED) is 0.781. The molecule has 2 rings (SSSR count). The van der Waals surface area contributed by atoms with E-state index in [0.29, 0.717) is 16.5 Å². The predicted octanol–water partition coefficient (Wildman–Crippen LogP) is 1.20. The molecule has 1 saturated heterocycles. The molecule has 0 bridgehead atoms. The number of ether oxygens (including phenoxy) is 1. The molecule has 0 saturated carbocycles. The first-order valence-electron chi connectivity index (χ1n) is 6.42. The number of piperidine rings is 1. The standard InChI is InChI=1S/C13H18ClN3O2/c1-19-10-2-3-11(14)12(8-10)17-13(18)16-9-4-6-15-7-5-9/h2-3,8-9,15H,4-7H2,1H3,(H2,16,17,18)/p+1. The van der Waals surface area contributed by atoms with E-state index in [-0.39, 0.29) is 12.1 Å². The number of hydrogen-bond donors (Lipinski definition) is 3. The van der Waals surface area contributed by atoms with Gasteiger partial charge in [0, 0.05) is 24.9 Å².